The smallest absolute Gasteiger partial charge is 0.137 e. The fourth-order valence-electron chi connectivity index (χ4n) is 3.26. The molecule has 0 aromatic heterocycles. The average Bonchev–Trinajstić information content (AvgIpc) is 2.46. The second-order valence-corrected chi connectivity index (χ2v) is 7.69. The topological polar surface area (TPSA) is 40.5 Å². The first-order valence-electron chi connectivity index (χ1n) is 7.53. The van der Waals surface area contributed by atoms with Gasteiger partial charge in [-0.15, -0.1) is 0 Å². The maximum absolute atomic E-state index is 10.7. The maximum Gasteiger partial charge on any atom is 0.137 e. The minimum atomic E-state index is -0.0512. The van der Waals surface area contributed by atoms with Crippen molar-refractivity contribution in [2.24, 2.45) is 5.92 Å². The number of hydrogen-bond acceptors (Lipinski definition) is 2. The lowest BCUT2D eigenvalue weighted by Crippen LogP contribution is -2.17. The molecule has 0 saturated heterocycles. The van der Waals surface area contributed by atoms with Crippen LogP contribution in [0.2, 0.25) is 0 Å². The van der Waals surface area contributed by atoms with E-state index in [2.05, 4.69) is 51.4 Å². The lowest BCUT2D eigenvalue weighted by Gasteiger charge is -2.32. The van der Waals surface area contributed by atoms with Crippen molar-refractivity contribution >= 4 is 31.9 Å². The third kappa shape index (κ3) is 3.00. The molecule has 2 rings (SSSR count). The van der Waals surface area contributed by atoms with Gasteiger partial charge >= 0.3 is 0 Å². The Balaban J connectivity index is 2.70. The average molecular weight is 430 g/mol. The molecule has 1 aliphatic carbocycles. The van der Waals surface area contributed by atoms with Gasteiger partial charge in [-0.1, -0.05) is 30.7 Å². The van der Waals surface area contributed by atoms with Crippen LogP contribution in [0.15, 0.2) is 32.7 Å². The van der Waals surface area contributed by atoms with Crippen molar-refractivity contribution in [1.29, 1.82) is 0 Å². The highest BCUT2D eigenvalue weighted by molar-refractivity contribution is 9.11. The first kappa shape index (κ1) is 17.6. The van der Waals surface area contributed by atoms with E-state index in [1.165, 1.54) is 5.57 Å². The highest BCUT2D eigenvalue weighted by atomic mass is 79.9. The van der Waals surface area contributed by atoms with Gasteiger partial charge in [-0.25, -0.2) is 0 Å². The minimum absolute atomic E-state index is 0.0512. The molecular formula is C18H22Br2O2. The number of hydrogen-bond donors (Lipinski definition) is 2. The molecular weight excluding hydrogens is 408 g/mol. The standard InChI is InChI=1S/C18H22Br2O2/c1-5-11-15(19)17(21)14(18(22)16(11)20)13-8-10(4)6-7-12(13)9(2)3/h8,12-13,21-22H,2,5-7H2,1,3-4H3. The van der Waals surface area contributed by atoms with E-state index in [9.17, 15) is 10.2 Å². The van der Waals surface area contributed by atoms with Gasteiger partial charge in [-0.3, -0.25) is 0 Å². The Hall–Kier alpha value is -0.740. The Morgan fingerprint density at radius 1 is 1.27 bits per heavy atom. The quantitative estimate of drug-likeness (QED) is 0.561. The van der Waals surface area contributed by atoms with Gasteiger partial charge in [0.15, 0.2) is 0 Å². The predicted octanol–water partition coefficient (Wildman–Crippen LogP) is 6.20. The zero-order chi connectivity index (χ0) is 16.6. The molecule has 120 valence electrons. The van der Waals surface area contributed by atoms with E-state index in [0.717, 1.165) is 24.0 Å². The van der Waals surface area contributed by atoms with Crippen LogP contribution in [0.3, 0.4) is 0 Å². The van der Waals surface area contributed by atoms with E-state index in [-0.39, 0.29) is 23.3 Å². The van der Waals surface area contributed by atoms with E-state index in [0.29, 0.717) is 20.9 Å². The van der Waals surface area contributed by atoms with Gasteiger partial charge in [-0.05, 0) is 76.5 Å². The number of phenols is 2. The molecule has 0 bridgehead atoms. The van der Waals surface area contributed by atoms with E-state index < -0.39 is 0 Å². The number of phenolic OH excluding ortho intramolecular Hbond substituents is 2. The molecule has 2 nitrogen and oxygen atoms in total. The maximum atomic E-state index is 10.7. The highest BCUT2D eigenvalue weighted by Crippen LogP contribution is 2.52. The van der Waals surface area contributed by atoms with Crippen molar-refractivity contribution < 1.29 is 10.2 Å². The fourth-order valence-corrected chi connectivity index (χ4v) is 4.91. The van der Waals surface area contributed by atoms with Crippen LogP contribution in [-0.4, -0.2) is 10.2 Å². The van der Waals surface area contributed by atoms with Gasteiger partial charge in [0.1, 0.15) is 11.5 Å². The summed E-state index contributed by atoms with van der Waals surface area (Å²) >= 11 is 6.96. The summed E-state index contributed by atoms with van der Waals surface area (Å²) < 4.78 is 1.32. The molecule has 2 atom stereocenters. The van der Waals surface area contributed by atoms with Gasteiger partial charge in [0.25, 0.3) is 0 Å². The summed E-state index contributed by atoms with van der Waals surface area (Å²) in [7, 11) is 0. The third-order valence-corrected chi connectivity index (χ3v) is 6.23. The van der Waals surface area contributed by atoms with Crippen LogP contribution in [0.25, 0.3) is 0 Å². The molecule has 1 aromatic rings. The van der Waals surface area contributed by atoms with Crippen LogP contribution >= 0.6 is 31.9 Å². The molecule has 0 spiro atoms. The molecule has 1 aliphatic rings. The molecule has 0 saturated carbocycles. The Labute approximate surface area is 149 Å². The Bertz CT molecular complexity index is 618. The molecule has 0 fully saturated rings. The summed E-state index contributed by atoms with van der Waals surface area (Å²) in [6.45, 7) is 10.2. The van der Waals surface area contributed by atoms with Crippen molar-refractivity contribution in [3.05, 3.63) is 43.9 Å². The third-order valence-electron chi connectivity index (χ3n) is 4.52. The first-order valence-corrected chi connectivity index (χ1v) is 9.12. The van der Waals surface area contributed by atoms with Crippen molar-refractivity contribution in [3.8, 4) is 11.5 Å². The normalized spacial score (nSPS) is 21.6. The largest absolute Gasteiger partial charge is 0.506 e. The van der Waals surface area contributed by atoms with E-state index in [1.54, 1.807) is 0 Å². The number of allylic oxidation sites excluding steroid dienone is 3. The van der Waals surface area contributed by atoms with Crippen molar-refractivity contribution in [2.45, 2.75) is 46.0 Å². The molecule has 0 aliphatic heterocycles. The van der Waals surface area contributed by atoms with Crippen LogP contribution < -0.4 is 0 Å². The van der Waals surface area contributed by atoms with Crippen molar-refractivity contribution in [1.82, 2.24) is 0 Å². The number of halogens is 2. The lowest BCUT2D eigenvalue weighted by atomic mass is 9.73. The monoisotopic (exact) mass is 428 g/mol. The summed E-state index contributed by atoms with van der Waals surface area (Å²) in [4.78, 5) is 0. The number of aromatic hydroxyl groups is 2. The van der Waals surface area contributed by atoms with Crippen LogP contribution in [0.5, 0.6) is 11.5 Å². The lowest BCUT2D eigenvalue weighted by molar-refractivity contribution is 0.402. The van der Waals surface area contributed by atoms with E-state index in [4.69, 9.17) is 0 Å². The molecule has 22 heavy (non-hydrogen) atoms. The van der Waals surface area contributed by atoms with Gasteiger partial charge in [0, 0.05) is 11.5 Å². The zero-order valence-corrected chi connectivity index (χ0v) is 16.4. The molecule has 0 radical (unpaired) electrons. The molecule has 1 aromatic carbocycles. The van der Waals surface area contributed by atoms with Crippen molar-refractivity contribution in [3.63, 3.8) is 0 Å². The minimum Gasteiger partial charge on any atom is -0.506 e. The van der Waals surface area contributed by atoms with Crippen LogP contribution in [0.4, 0.5) is 0 Å². The van der Waals surface area contributed by atoms with Gasteiger partial charge < -0.3 is 10.2 Å². The molecule has 2 unspecified atom stereocenters. The van der Waals surface area contributed by atoms with Gasteiger partial charge in [0.05, 0.1) is 8.95 Å². The summed E-state index contributed by atoms with van der Waals surface area (Å²) in [5, 5.41) is 21.3. The highest BCUT2D eigenvalue weighted by Gasteiger charge is 2.32. The van der Waals surface area contributed by atoms with Gasteiger partial charge in [-0.2, -0.15) is 0 Å². The van der Waals surface area contributed by atoms with Crippen molar-refractivity contribution in [2.75, 3.05) is 0 Å². The van der Waals surface area contributed by atoms with Crippen LogP contribution in [0.1, 0.15) is 50.7 Å². The second-order valence-electron chi connectivity index (χ2n) is 6.10. The number of benzene rings is 1. The Kier molecular flexibility index (Phi) is 5.44. The predicted molar refractivity (Wildman–Crippen MR) is 98.6 cm³/mol. The summed E-state index contributed by atoms with van der Waals surface area (Å²) in [6.07, 6.45) is 4.89. The SMILES string of the molecule is C=C(C)C1CCC(C)=CC1c1c(O)c(Br)c(CC)c(Br)c1O. The van der Waals surface area contributed by atoms with E-state index >= 15 is 0 Å². The van der Waals surface area contributed by atoms with Crippen LogP contribution in [0, 0.1) is 5.92 Å². The first-order chi connectivity index (χ1) is 10.3. The van der Waals surface area contributed by atoms with Crippen LogP contribution in [-0.2, 0) is 6.42 Å². The summed E-state index contributed by atoms with van der Waals surface area (Å²) in [6, 6.07) is 0. The molecule has 2 N–H and O–H groups in total. The number of rotatable bonds is 3. The Morgan fingerprint density at radius 3 is 2.27 bits per heavy atom. The summed E-state index contributed by atoms with van der Waals surface area (Å²) in [5.41, 5.74) is 3.83. The Morgan fingerprint density at radius 2 is 1.82 bits per heavy atom. The van der Waals surface area contributed by atoms with E-state index in [1.807, 2.05) is 13.8 Å². The zero-order valence-electron chi connectivity index (χ0n) is 13.2. The summed E-state index contributed by atoms with van der Waals surface area (Å²) in [5.74, 6) is 0.455. The fraction of sp³-hybridized carbons (Fsp3) is 0.444. The van der Waals surface area contributed by atoms with Gasteiger partial charge in [0.2, 0.25) is 0 Å². The second kappa shape index (κ2) is 6.79. The molecule has 0 amide bonds. The molecule has 0 heterocycles. The molecule has 4 heteroatoms.